The Bertz CT molecular complexity index is 1480. The SMILES string of the molecule is Cc1nc(C)c(C(OC(C)(C)C)C(=O)OC(C)C)c(N2CCC3(CCCC3)CC2)c1-c1ccc(OCCc2ccc(F)cc2)cc1. The fourth-order valence-electron chi connectivity index (χ4n) is 7.19. The van der Waals surface area contributed by atoms with E-state index in [-0.39, 0.29) is 17.9 Å². The molecule has 248 valence electrons. The third-order valence-corrected chi connectivity index (χ3v) is 9.40. The Kier molecular flexibility index (Phi) is 10.4. The zero-order valence-electron chi connectivity index (χ0n) is 28.7. The van der Waals surface area contributed by atoms with E-state index in [1.807, 2.05) is 53.7 Å². The zero-order chi connectivity index (χ0) is 33.1. The monoisotopic (exact) mass is 630 g/mol. The van der Waals surface area contributed by atoms with E-state index in [2.05, 4.69) is 24.0 Å². The van der Waals surface area contributed by atoms with Crippen molar-refractivity contribution in [2.24, 2.45) is 5.41 Å². The van der Waals surface area contributed by atoms with Gasteiger partial charge in [-0.15, -0.1) is 0 Å². The molecule has 6 nitrogen and oxygen atoms in total. The molecule has 2 aliphatic rings. The van der Waals surface area contributed by atoms with Crippen molar-refractivity contribution in [2.75, 3.05) is 24.6 Å². The highest BCUT2D eigenvalue weighted by molar-refractivity contribution is 5.88. The number of aryl methyl sites for hydroxylation is 2. The lowest BCUT2D eigenvalue weighted by atomic mass is 9.76. The van der Waals surface area contributed by atoms with Crippen LogP contribution in [0.3, 0.4) is 0 Å². The van der Waals surface area contributed by atoms with Crippen molar-refractivity contribution in [3.05, 3.63) is 76.9 Å². The minimum absolute atomic E-state index is 0.237. The molecule has 2 aromatic carbocycles. The van der Waals surface area contributed by atoms with Crippen molar-refractivity contribution in [1.29, 1.82) is 0 Å². The van der Waals surface area contributed by atoms with Gasteiger partial charge >= 0.3 is 5.97 Å². The van der Waals surface area contributed by atoms with Crippen molar-refractivity contribution >= 4 is 11.7 Å². The third kappa shape index (κ3) is 8.09. The molecule has 2 heterocycles. The number of esters is 1. The number of pyridine rings is 1. The molecule has 3 aromatic rings. The van der Waals surface area contributed by atoms with Crippen LogP contribution in [-0.2, 0) is 20.7 Å². The number of aromatic nitrogens is 1. The Labute approximate surface area is 274 Å². The Hall–Kier alpha value is -3.45. The van der Waals surface area contributed by atoms with E-state index in [0.29, 0.717) is 18.4 Å². The van der Waals surface area contributed by atoms with Crippen molar-refractivity contribution < 1.29 is 23.4 Å². The zero-order valence-corrected chi connectivity index (χ0v) is 28.7. The van der Waals surface area contributed by atoms with Crippen molar-refractivity contribution in [2.45, 2.75) is 111 Å². The molecule has 1 saturated carbocycles. The average molecular weight is 631 g/mol. The highest BCUT2D eigenvalue weighted by atomic mass is 19.1. The van der Waals surface area contributed by atoms with Gasteiger partial charge in [-0.2, -0.15) is 0 Å². The van der Waals surface area contributed by atoms with Gasteiger partial charge in [0.2, 0.25) is 0 Å². The van der Waals surface area contributed by atoms with Gasteiger partial charge in [-0.1, -0.05) is 37.1 Å². The van der Waals surface area contributed by atoms with Gasteiger partial charge in [0.25, 0.3) is 0 Å². The average Bonchev–Trinajstić information content (AvgIpc) is 3.45. The van der Waals surface area contributed by atoms with Gasteiger partial charge in [0.15, 0.2) is 6.10 Å². The van der Waals surface area contributed by atoms with E-state index in [1.165, 1.54) is 37.8 Å². The first-order chi connectivity index (χ1) is 21.8. The molecule has 1 aliphatic carbocycles. The van der Waals surface area contributed by atoms with Crippen LogP contribution in [0.2, 0.25) is 0 Å². The Morgan fingerprint density at radius 2 is 1.57 bits per heavy atom. The number of hydrogen-bond donors (Lipinski definition) is 0. The first kappa shape index (κ1) is 33.9. The molecule has 0 amide bonds. The largest absolute Gasteiger partial charge is 0.493 e. The molecule has 7 heteroatoms. The van der Waals surface area contributed by atoms with Gasteiger partial charge < -0.3 is 19.1 Å². The smallest absolute Gasteiger partial charge is 0.340 e. The normalized spacial score (nSPS) is 17.0. The predicted octanol–water partition coefficient (Wildman–Crippen LogP) is 9.09. The molecular formula is C39H51FN2O4. The van der Waals surface area contributed by atoms with Gasteiger partial charge in [0, 0.05) is 42.0 Å². The second-order valence-corrected chi connectivity index (χ2v) is 14.5. The second kappa shape index (κ2) is 14.1. The first-order valence-corrected chi connectivity index (χ1v) is 17.0. The number of hydrogen-bond acceptors (Lipinski definition) is 6. The van der Waals surface area contributed by atoms with Gasteiger partial charge in [-0.25, -0.2) is 9.18 Å². The summed E-state index contributed by atoms with van der Waals surface area (Å²) >= 11 is 0. The molecule has 1 aromatic heterocycles. The van der Waals surface area contributed by atoms with Gasteiger partial charge in [-0.05, 0) is 115 Å². The highest BCUT2D eigenvalue weighted by Crippen LogP contribution is 2.49. The lowest BCUT2D eigenvalue weighted by Gasteiger charge is -2.43. The topological polar surface area (TPSA) is 60.9 Å². The molecule has 1 atom stereocenters. The van der Waals surface area contributed by atoms with Crippen LogP contribution in [0, 0.1) is 25.1 Å². The van der Waals surface area contributed by atoms with E-state index in [4.69, 9.17) is 19.2 Å². The summed E-state index contributed by atoms with van der Waals surface area (Å²) in [6.07, 6.45) is 7.07. The minimum Gasteiger partial charge on any atom is -0.493 e. The van der Waals surface area contributed by atoms with Crippen LogP contribution in [-0.4, -0.2) is 42.4 Å². The fourth-order valence-corrected chi connectivity index (χ4v) is 7.19. The van der Waals surface area contributed by atoms with Crippen LogP contribution in [0.1, 0.15) is 102 Å². The van der Waals surface area contributed by atoms with Crippen LogP contribution in [0.4, 0.5) is 10.1 Å². The summed E-state index contributed by atoms with van der Waals surface area (Å²) in [6, 6.07) is 14.7. The molecule has 1 saturated heterocycles. The van der Waals surface area contributed by atoms with Crippen molar-refractivity contribution in [3.8, 4) is 16.9 Å². The van der Waals surface area contributed by atoms with E-state index < -0.39 is 11.7 Å². The summed E-state index contributed by atoms with van der Waals surface area (Å²) in [5.41, 5.74) is 6.43. The van der Waals surface area contributed by atoms with Crippen molar-refractivity contribution in [1.82, 2.24) is 4.98 Å². The lowest BCUT2D eigenvalue weighted by Crippen LogP contribution is -2.40. The predicted molar refractivity (Wildman–Crippen MR) is 182 cm³/mol. The summed E-state index contributed by atoms with van der Waals surface area (Å²) in [5, 5.41) is 0. The van der Waals surface area contributed by atoms with Crippen LogP contribution in [0.15, 0.2) is 48.5 Å². The molecule has 2 fully saturated rings. The van der Waals surface area contributed by atoms with Crippen LogP contribution >= 0.6 is 0 Å². The summed E-state index contributed by atoms with van der Waals surface area (Å²) in [5.74, 6) is 0.139. The molecule has 1 spiro atoms. The number of anilines is 1. The summed E-state index contributed by atoms with van der Waals surface area (Å²) < 4.78 is 31.7. The van der Waals surface area contributed by atoms with Gasteiger partial charge in [0.05, 0.1) is 24.0 Å². The second-order valence-electron chi connectivity index (χ2n) is 14.5. The summed E-state index contributed by atoms with van der Waals surface area (Å²) in [6.45, 7) is 16.0. The maximum Gasteiger partial charge on any atom is 0.340 e. The minimum atomic E-state index is -0.916. The molecule has 0 N–H and O–H groups in total. The number of ether oxygens (including phenoxy) is 3. The van der Waals surface area contributed by atoms with Gasteiger partial charge in [-0.3, -0.25) is 4.98 Å². The Morgan fingerprint density at radius 3 is 2.15 bits per heavy atom. The number of rotatable bonds is 10. The number of nitrogens with zero attached hydrogens (tertiary/aromatic N) is 2. The number of benzene rings is 2. The highest BCUT2D eigenvalue weighted by Gasteiger charge is 2.40. The van der Waals surface area contributed by atoms with Crippen LogP contribution < -0.4 is 9.64 Å². The fraction of sp³-hybridized carbons (Fsp3) is 0.538. The van der Waals surface area contributed by atoms with Crippen LogP contribution in [0.25, 0.3) is 11.1 Å². The number of piperidine rings is 1. The summed E-state index contributed by atoms with van der Waals surface area (Å²) in [7, 11) is 0. The van der Waals surface area contributed by atoms with Crippen molar-refractivity contribution in [3.63, 3.8) is 0 Å². The van der Waals surface area contributed by atoms with E-state index >= 15 is 0 Å². The molecule has 46 heavy (non-hydrogen) atoms. The van der Waals surface area contributed by atoms with E-state index in [1.54, 1.807) is 12.1 Å². The molecular weight excluding hydrogens is 579 g/mol. The molecule has 5 rings (SSSR count). The van der Waals surface area contributed by atoms with Crippen LogP contribution in [0.5, 0.6) is 5.75 Å². The third-order valence-electron chi connectivity index (χ3n) is 9.40. The number of carbonyl (C=O) groups is 1. The molecule has 1 aliphatic heterocycles. The molecule has 0 radical (unpaired) electrons. The molecule has 0 bridgehead atoms. The maximum atomic E-state index is 13.8. The standard InChI is InChI=1S/C39H51FN2O4/c1-26(2)45-37(43)36(46-38(5,6)7)34-28(4)41-27(3)33(35(34)42-23-21-39(22-24-42)19-8-9-20-39)30-12-16-32(17-13-30)44-25-18-29-10-14-31(40)15-11-29/h10-17,26,36H,8-9,18-25H2,1-7H3. The quantitative estimate of drug-likeness (QED) is 0.208. The van der Waals surface area contributed by atoms with E-state index in [9.17, 15) is 9.18 Å². The number of halogens is 1. The first-order valence-electron chi connectivity index (χ1n) is 17.0. The Balaban J connectivity index is 1.52. The number of carbonyl (C=O) groups excluding carboxylic acids is 1. The van der Waals surface area contributed by atoms with Gasteiger partial charge in [0.1, 0.15) is 11.6 Å². The Morgan fingerprint density at radius 1 is 0.935 bits per heavy atom. The molecule has 1 unspecified atom stereocenters. The lowest BCUT2D eigenvalue weighted by molar-refractivity contribution is -0.171. The summed E-state index contributed by atoms with van der Waals surface area (Å²) in [4.78, 5) is 21.3. The van der Waals surface area contributed by atoms with E-state index in [0.717, 1.165) is 71.0 Å². The maximum absolute atomic E-state index is 13.8.